The van der Waals surface area contributed by atoms with Gasteiger partial charge in [-0.25, -0.2) is 8.78 Å². The van der Waals surface area contributed by atoms with Gasteiger partial charge in [0.25, 0.3) is 5.91 Å². The lowest BCUT2D eigenvalue weighted by atomic mass is 10.0. The van der Waals surface area contributed by atoms with E-state index < -0.39 is 17.5 Å². The Morgan fingerprint density at radius 3 is 2.25 bits per heavy atom. The lowest BCUT2D eigenvalue weighted by Crippen LogP contribution is -2.13. The van der Waals surface area contributed by atoms with E-state index in [9.17, 15) is 13.6 Å². The van der Waals surface area contributed by atoms with Crippen LogP contribution in [0.15, 0.2) is 42.5 Å². The summed E-state index contributed by atoms with van der Waals surface area (Å²) in [5.74, 6) is -1.78. The Bertz CT molecular complexity index is 621. The first-order valence-corrected chi connectivity index (χ1v) is 6.33. The van der Waals surface area contributed by atoms with E-state index in [-0.39, 0.29) is 5.56 Å². The lowest BCUT2D eigenvalue weighted by molar-refractivity contribution is 0.102. The van der Waals surface area contributed by atoms with E-state index in [0.29, 0.717) is 17.7 Å². The number of carbonyl (C=O) groups excluding carboxylic acids is 1. The van der Waals surface area contributed by atoms with Crippen LogP contribution in [0.1, 0.15) is 35.7 Å². The first kappa shape index (κ1) is 14.2. The number of rotatable bonds is 3. The molecule has 0 atom stereocenters. The molecule has 0 saturated heterocycles. The smallest absolute Gasteiger partial charge is 0.258 e. The Kier molecular flexibility index (Phi) is 4.13. The number of carbonyl (C=O) groups is 1. The highest BCUT2D eigenvalue weighted by Crippen LogP contribution is 2.18. The first-order valence-electron chi connectivity index (χ1n) is 6.33. The van der Waals surface area contributed by atoms with E-state index >= 15 is 0 Å². The maximum Gasteiger partial charge on any atom is 0.258 e. The van der Waals surface area contributed by atoms with Crippen molar-refractivity contribution in [2.45, 2.75) is 19.8 Å². The van der Waals surface area contributed by atoms with Crippen molar-refractivity contribution in [2.24, 2.45) is 0 Å². The number of benzene rings is 2. The molecule has 104 valence electrons. The number of nitrogens with one attached hydrogen (secondary N) is 1. The molecule has 0 aliphatic carbocycles. The number of hydrogen-bond acceptors (Lipinski definition) is 1. The fourth-order valence-corrected chi connectivity index (χ4v) is 1.82. The molecule has 0 bridgehead atoms. The molecule has 2 aromatic rings. The lowest BCUT2D eigenvalue weighted by Gasteiger charge is -2.09. The molecule has 0 aliphatic heterocycles. The Hall–Kier alpha value is -2.23. The van der Waals surface area contributed by atoms with Crippen molar-refractivity contribution in [3.8, 4) is 0 Å². The third-order valence-electron chi connectivity index (χ3n) is 3.01. The van der Waals surface area contributed by atoms with Crippen LogP contribution in [-0.2, 0) is 0 Å². The van der Waals surface area contributed by atoms with E-state index in [1.165, 1.54) is 0 Å². The number of anilines is 1. The molecule has 2 rings (SSSR count). The maximum absolute atomic E-state index is 13.5. The van der Waals surface area contributed by atoms with Gasteiger partial charge in [-0.15, -0.1) is 0 Å². The summed E-state index contributed by atoms with van der Waals surface area (Å²) in [5.41, 5.74) is 1.54. The molecule has 0 fully saturated rings. The van der Waals surface area contributed by atoms with Gasteiger partial charge in [-0.1, -0.05) is 26.0 Å². The Labute approximate surface area is 116 Å². The highest BCUT2D eigenvalue weighted by molar-refractivity contribution is 6.04. The topological polar surface area (TPSA) is 29.1 Å². The van der Waals surface area contributed by atoms with Gasteiger partial charge in [0.1, 0.15) is 11.6 Å². The zero-order valence-corrected chi connectivity index (χ0v) is 11.3. The summed E-state index contributed by atoms with van der Waals surface area (Å²) in [6.45, 7) is 4.14. The van der Waals surface area contributed by atoms with Gasteiger partial charge in [0.15, 0.2) is 0 Å². The second kappa shape index (κ2) is 5.82. The molecule has 0 radical (unpaired) electrons. The molecule has 1 amide bonds. The first-order chi connectivity index (χ1) is 9.47. The summed E-state index contributed by atoms with van der Waals surface area (Å²) in [6.07, 6.45) is 0. The molecule has 0 spiro atoms. The van der Waals surface area contributed by atoms with E-state index in [1.54, 1.807) is 12.1 Å². The molecule has 2 nitrogen and oxygen atoms in total. The highest BCUT2D eigenvalue weighted by atomic mass is 19.1. The van der Waals surface area contributed by atoms with Crippen molar-refractivity contribution in [3.05, 3.63) is 65.2 Å². The van der Waals surface area contributed by atoms with Gasteiger partial charge in [-0.3, -0.25) is 4.79 Å². The Morgan fingerprint density at radius 1 is 1.05 bits per heavy atom. The average molecular weight is 275 g/mol. The van der Waals surface area contributed by atoms with E-state index in [0.717, 1.165) is 17.7 Å². The largest absolute Gasteiger partial charge is 0.322 e. The van der Waals surface area contributed by atoms with Gasteiger partial charge in [0.2, 0.25) is 0 Å². The summed E-state index contributed by atoms with van der Waals surface area (Å²) in [7, 11) is 0. The number of amides is 1. The molecule has 2 aromatic carbocycles. The van der Waals surface area contributed by atoms with Crippen LogP contribution in [0.4, 0.5) is 14.5 Å². The van der Waals surface area contributed by atoms with Crippen LogP contribution in [0.3, 0.4) is 0 Å². The SMILES string of the molecule is CC(C)c1ccc(NC(=O)c2ccc(F)cc2F)cc1. The second-order valence-corrected chi connectivity index (χ2v) is 4.86. The van der Waals surface area contributed by atoms with Gasteiger partial charge in [0, 0.05) is 11.8 Å². The van der Waals surface area contributed by atoms with Crippen molar-refractivity contribution in [2.75, 3.05) is 5.32 Å². The van der Waals surface area contributed by atoms with Crippen LogP contribution >= 0.6 is 0 Å². The molecule has 0 aliphatic rings. The van der Waals surface area contributed by atoms with E-state index in [2.05, 4.69) is 19.2 Å². The highest BCUT2D eigenvalue weighted by Gasteiger charge is 2.12. The zero-order chi connectivity index (χ0) is 14.7. The van der Waals surface area contributed by atoms with Gasteiger partial charge in [-0.2, -0.15) is 0 Å². The van der Waals surface area contributed by atoms with Gasteiger partial charge in [0.05, 0.1) is 5.56 Å². The van der Waals surface area contributed by atoms with Crippen LogP contribution in [-0.4, -0.2) is 5.91 Å². The molecule has 0 aromatic heterocycles. The third kappa shape index (κ3) is 3.20. The average Bonchev–Trinajstić information content (AvgIpc) is 2.39. The van der Waals surface area contributed by atoms with Crippen molar-refractivity contribution >= 4 is 11.6 Å². The molecular formula is C16H15F2NO. The van der Waals surface area contributed by atoms with Crippen molar-refractivity contribution in [3.63, 3.8) is 0 Å². The molecule has 1 N–H and O–H groups in total. The third-order valence-corrected chi connectivity index (χ3v) is 3.01. The van der Waals surface area contributed by atoms with Crippen LogP contribution in [0.2, 0.25) is 0 Å². The van der Waals surface area contributed by atoms with Crippen molar-refractivity contribution in [1.29, 1.82) is 0 Å². The predicted octanol–water partition coefficient (Wildman–Crippen LogP) is 4.34. The van der Waals surface area contributed by atoms with Crippen LogP contribution in [0.25, 0.3) is 0 Å². The van der Waals surface area contributed by atoms with Crippen LogP contribution in [0, 0.1) is 11.6 Å². The van der Waals surface area contributed by atoms with Gasteiger partial charge in [-0.05, 0) is 35.7 Å². The normalized spacial score (nSPS) is 10.7. The minimum absolute atomic E-state index is 0.181. The molecule has 20 heavy (non-hydrogen) atoms. The fraction of sp³-hybridized carbons (Fsp3) is 0.188. The predicted molar refractivity (Wildman–Crippen MR) is 74.8 cm³/mol. The standard InChI is InChI=1S/C16H15F2NO/c1-10(2)11-3-6-13(7-4-11)19-16(20)14-8-5-12(17)9-15(14)18/h3-10H,1-2H3,(H,19,20). The van der Waals surface area contributed by atoms with Crippen molar-refractivity contribution < 1.29 is 13.6 Å². The fourth-order valence-electron chi connectivity index (χ4n) is 1.82. The van der Waals surface area contributed by atoms with Gasteiger partial charge < -0.3 is 5.32 Å². The Morgan fingerprint density at radius 2 is 1.70 bits per heavy atom. The molecule has 0 saturated carbocycles. The zero-order valence-electron chi connectivity index (χ0n) is 11.3. The maximum atomic E-state index is 13.5. The summed E-state index contributed by atoms with van der Waals surface area (Å²) in [4.78, 5) is 11.9. The van der Waals surface area contributed by atoms with E-state index in [4.69, 9.17) is 0 Å². The second-order valence-electron chi connectivity index (χ2n) is 4.86. The molecule has 0 unspecified atom stereocenters. The van der Waals surface area contributed by atoms with E-state index in [1.807, 2.05) is 12.1 Å². The minimum Gasteiger partial charge on any atom is -0.322 e. The van der Waals surface area contributed by atoms with Crippen molar-refractivity contribution in [1.82, 2.24) is 0 Å². The molecular weight excluding hydrogens is 260 g/mol. The number of halogens is 2. The summed E-state index contributed by atoms with van der Waals surface area (Å²) >= 11 is 0. The van der Waals surface area contributed by atoms with Gasteiger partial charge >= 0.3 is 0 Å². The summed E-state index contributed by atoms with van der Waals surface area (Å²) in [6, 6.07) is 10.2. The summed E-state index contributed by atoms with van der Waals surface area (Å²) < 4.78 is 26.3. The molecule has 0 heterocycles. The monoisotopic (exact) mass is 275 g/mol. The summed E-state index contributed by atoms with van der Waals surface area (Å²) in [5, 5.41) is 2.58. The van der Waals surface area contributed by atoms with Crippen LogP contribution < -0.4 is 5.32 Å². The Balaban J connectivity index is 2.15. The minimum atomic E-state index is -0.874. The molecule has 4 heteroatoms. The quantitative estimate of drug-likeness (QED) is 0.887. The number of hydrogen-bond donors (Lipinski definition) is 1. The van der Waals surface area contributed by atoms with Crippen LogP contribution in [0.5, 0.6) is 0 Å².